The molecule has 1 aromatic heterocycles. The molecule has 0 saturated heterocycles. The molecule has 7 nitrogen and oxygen atoms in total. The summed E-state index contributed by atoms with van der Waals surface area (Å²) in [6, 6.07) is 14.8. The van der Waals surface area contributed by atoms with E-state index >= 15 is 0 Å². The zero-order chi connectivity index (χ0) is 22.4. The lowest BCUT2D eigenvalue weighted by atomic mass is 10.1. The van der Waals surface area contributed by atoms with Gasteiger partial charge in [0.05, 0.1) is 11.8 Å². The minimum absolute atomic E-state index is 0.109. The molecule has 0 unspecified atom stereocenters. The molecule has 2 amide bonds. The van der Waals surface area contributed by atoms with Crippen LogP contribution in [0.3, 0.4) is 0 Å². The number of anilines is 1. The quantitative estimate of drug-likeness (QED) is 0.517. The van der Waals surface area contributed by atoms with Crippen LogP contribution in [-0.4, -0.2) is 32.3 Å². The van der Waals surface area contributed by atoms with Gasteiger partial charge >= 0.3 is 0 Å². The number of nitrogens with one attached hydrogen (secondary N) is 2. The molecule has 2 aromatic carbocycles. The van der Waals surface area contributed by atoms with Gasteiger partial charge in [0.25, 0.3) is 5.91 Å². The standard InChI is InChI=1S/C23H27N5O2S/c1-5-28-21(17(4)24-22(30)19-9-7-6-8-16(19)3)26-27-23(28)31-14-20(29)25-18-12-10-15(2)11-13-18/h6-13,17H,5,14H2,1-4H3,(H,24,30)(H,25,29)/t17-/m0/s1. The predicted octanol–water partition coefficient (Wildman–Crippen LogP) is 4.14. The lowest BCUT2D eigenvalue weighted by Crippen LogP contribution is -2.29. The van der Waals surface area contributed by atoms with Gasteiger partial charge in [-0.3, -0.25) is 9.59 Å². The van der Waals surface area contributed by atoms with E-state index < -0.39 is 0 Å². The summed E-state index contributed by atoms with van der Waals surface area (Å²) in [6.07, 6.45) is 0. The monoisotopic (exact) mass is 437 g/mol. The Balaban J connectivity index is 1.63. The van der Waals surface area contributed by atoms with E-state index in [9.17, 15) is 9.59 Å². The third kappa shape index (κ3) is 5.73. The van der Waals surface area contributed by atoms with E-state index in [4.69, 9.17) is 0 Å². The number of nitrogens with zero attached hydrogens (tertiary/aromatic N) is 3. The molecule has 0 fully saturated rings. The largest absolute Gasteiger partial charge is 0.342 e. The predicted molar refractivity (Wildman–Crippen MR) is 123 cm³/mol. The van der Waals surface area contributed by atoms with Gasteiger partial charge in [0.2, 0.25) is 5.91 Å². The van der Waals surface area contributed by atoms with Gasteiger partial charge < -0.3 is 15.2 Å². The number of amides is 2. The molecule has 2 N–H and O–H groups in total. The molecule has 1 heterocycles. The van der Waals surface area contributed by atoms with Crippen LogP contribution in [0.5, 0.6) is 0 Å². The second kappa shape index (κ2) is 10.3. The molecule has 31 heavy (non-hydrogen) atoms. The van der Waals surface area contributed by atoms with E-state index in [-0.39, 0.29) is 23.6 Å². The smallest absolute Gasteiger partial charge is 0.252 e. The second-order valence-electron chi connectivity index (χ2n) is 7.30. The molecular formula is C23H27N5O2S. The van der Waals surface area contributed by atoms with Crippen LogP contribution in [0.2, 0.25) is 0 Å². The van der Waals surface area contributed by atoms with Crippen molar-refractivity contribution in [1.82, 2.24) is 20.1 Å². The second-order valence-corrected chi connectivity index (χ2v) is 8.24. The van der Waals surface area contributed by atoms with E-state index in [0.29, 0.717) is 23.1 Å². The number of carbonyl (C=O) groups is 2. The van der Waals surface area contributed by atoms with Crippen molar-refractivity contribution >= 4 is 29.3 Å². The van der Waals surface area contributed by atoms with Crippen molar-refractivity contribution in [2.24, 2.45) is 0 Å². The van der Waals surface area contributed by atoms with E-state index in [1.165, 1.54) is 11.8 Å². The number of hydrogen-bond donors (Lipinski definition) is 2. The average Bonchev–Trinajstić information content (AvgIpc) is 3.17. The number of hydrogen-bond acceptors (Lipinski definition) is 5. The Morgan fingerprint density at radius 1 is 1.06 bits per heavy atom. The van der Waals surface area contributed by atoms with E-state index in [2.05, 4.69) is 20.8 Å². The molecular weight excluding hydrogens is 410 g/mol. The van der Waals surface area contributed by atoms with Crippen LogP contribution in [0.15, 0.2) is 53.7 Å². The van der Waals surface area contributed by atoms with Crippen molar-refractivity contribution in [2.45, 2.75) is 45.4 Å². The Hall–Kier alpha value is -3.13. The highest BCUT2D eigenvalue weighted by Crippen LogP contribution is 2.21. The minimum atomic E-state index is -0.324. The van der Waals surface area contributed by atoms with Crippen molar-refractivity contribution < 1.29 is 9.59 Å². The van der Waals surface area contributed by atoms with Gasteiger partial charge in [0.15, 0.2) is 11.0 Å². The van der Waals surface area contributed by atoms with Crippen LogP contribution in [0.1, 0.15) is 47.2 Å². The third-order valence-corrected chi connectivity index (χ3v) is 5.82. The Morgan fingerprint density at radius 3 is 2.45 bits per heavy atom. The molecule has 1 atom stereocenters. The van der Waals surface area contributed by atoms with Gasteiger partial charge in [-0.05, 0) is 51.5 Å². The van der Waals surface area contributed by atoms with Crippen molar-refractivity contribution in [2.75, 3.05) is 11.1 Å². The summed E-state index contributed by atoms with van der Waals surface area (Å²) in [5, 5.41) is 15.0. The first kappa shape index (κ1) is 22.6. The topological polar surface area (TPSA) is 88.9 Å². The van der Waals surface area contributed by atoms with Crippen molar-refractivity contribution in [3.05, 3.63) is 71.0 Å². The van der Waals surface area contributed by atoms with Crippen molar-refractivity contribution in [3.63, 3.8) is 0 Å². The number of thioether (sulfide) groups is 1. The molecule has 0 aliphatic carbocycles. The summed E-state index contributed by atoms with van der Waals surface area (Å²) in [7, 11) is 0. The normalized spacial score (nSPS) is 11.7. The highest BCUT2D eigenvalue weighted by Gasteiger charge is 2.20. The number of aryl methyl sites for hydroxylation is 2. The number of carbonyl (C=O) groups excluding carboxylic acids is 2. The number of aromatic nitrogens is 3. The molecule has 0 spiro atoms. The van der Waals surface area contributed by atoms with Crippen LogP contribution in [-0.2, 0) is 11.3 Å². The van der Waals surface area contributed by atoms with E-state index in [1.54, 1.807) is 6.07 Å². The molecule has 0 radical (unpaired) electrons. The lowest BCUT2D eigenvalue weighted by Gasteiger charge is -2.16. The van der Waals surface area contributed by atoms with Crippen molar-refractivity contribution in [3.8, 4) is 0 Å². The summed E-state index contributed by atoms with van der Waals surface area (Å²) in [4.78, 5) is 24.9. The summed E-state index contributed by atoms with van der Waals surface area (Å²) in [5.74, 6) is 0.617. The molecule has 0 bridgehead atoms. The Bertz CT molecular complexity index is 1060. The number of benzene rings is 2. The molecule has 0 aliphatic heterocycles. The summed E-state index contributed by atoms with van der Waals surface area (Å²) >= 11 is 1.32. The minimum Gasteiger partial charge on any atom is -0.342 e. The molecule has 162 valence electrons. The van der Waals surface area contributed by atoms with Crippen LogP contribution in [0, 0.1) is 13.8 Å². The first-order valence-electron chi connectivity index (χ1n) is 10.2. The van der Waals surface area contributed by atoms with Crippen LogP contribution < -0.4 is 10.6 Å². The highest BCUT2D eigenvalue weighted by molar-refractivity contribution is 7.99. The lowest BCUT2D eigenvalue weighted by molar-refractivity contribution is -0.113. The Labute approximate surface area is 186 Å². The van der Waals surface area contributed by atoms with Crippen LogP contribution in [0.25, 0.3) is 0 Å². The van der Waals surface area contributed by atoms with Crippen LogP contribution in [0.4, 0.5) is 5.69 Å². The summed E-state index contributed by atoms with van der Waals surface area (Å²) in [5.41, 5.74) is 3.46. The first-order valence-corrected chi connectivity index (χ1v) is 11.2. The van der Waals surface area contributed by atoms with E-state index in [1.807, 2.05) is 74.7 Å². The molecule has 3 aromatic rings. The molecule has 3 rings (SSSR count). The third-order valence-electron chi connectivity index (χ3n) is 4.85. The zero-order valence-corrected chi connectivity index (χ0v) is 19.0. The fraction of sp³-hybridized carbons (Fsp3) is 0.304. The van der Waals surface area contributed by atoms with Gasteiger partial charge in [-0.1, -0.05) is 47.7 Å². The fourth-order valence-corrected chi connectivity index (χ4v) is 3.96. The Kier molecular flexibility index (Phi) is 7.46. The summed E-state index contributed by atoms with van der Waals surface area (Å²) in [6.45, 7) is 8.41. The maximum absolute atomic E-state index is 12.6. The van der Waals surface area contributed by atoms with Gasteiger partial charge in [0.1, 0.15) is 0 Å². The van der Waals surface area contributed by atoms with Gasteiger partial charge in [-0.25, -0.2) is 0 Å². The number of rotatable bonds is 8. The van der Waals surface area contributed by atoms with Gasteiger partial charge in [-0.15, -0.1) is 10.2 Å². The van der Waals surface area contributed by atoms with Crippen molar-refractivity contribution in [1.29, 1.82) is 0 Å². The molecule has 0 aliphatic rings. The van der Waals surface area contributed by atoms with Gasteiger partial charge in [-0.2, -0.15) is 0 Å². The SMILES string of the molecule is CCn1c(SCC(=O)Nc2ccc(C)cc2)nnc1[C@H](C)NC(=O)c1ccccc1C. The average molecular weight is 438 g/mol. The highest BCUT2D eigenvalue weighted by atomic mass is 32.2. The first-order chi connectivity index (χ1) is 14.9. The fourth-order valence-electron chi connectivity index (χ4n) is 3.16. The zero-order valence-electron chi connectivity index (χ0n) is 18.2. The Morgan fingerprint density at radius 2 is 1.77 bits per heavy atom. The maximum Gasteiger partial charge on any atom is 0.252 e. The molecule has 8 heteroatoms. The molecule has 0 saturated carbocycles. The van der Waals surface area contributed by atoms with Gasteiger partial charge in [0, 0.05) is 17.8 Å². The van der Waals surface area contributed by atoms with E-state index in [0.717, 1.165) is 16.8 Å². The summed E-state index contributed by atoms with van der Waals surface area (Å²) < 4.78 is 1.92. The van der Waals surface area contributed by atoms with Crippen LogP contribution >= 0.6 is 11.8 Å². The maximum atomic E-state index is 12.6.